The largest absolute Gasteiger partial charge is 0.459 e. The van der Waals surface area contributed by atoms with Crippen molar-refractivity contribution in [2.45, 2.75) is 24.5 Å². The minimum Gasteiger partial charge on any atom is -0.459 e. The zero-order valence-corrected chi connectivity index (χ0v) is 24.2. The fraction of sp³-hybridized carbons (Fsp3) is 0.143. The Bertz CT molecular complexity index is 1840. The maximum absolute atomic E-state index is 13.4. The number of carbonyl (C=O) groups excluding carboxylic acids is 3. The fourth-order valence-electron chi connectivity index (χ4n) is 5.09. The molecule has 0 radical (unpaired) electrons. The van der Waals surface area contributed by atoms with E-state index in [0.717, 1.165) is 10.8 Å². The number of aromatic nitrogens is 1. The third kappa shape index (κ3) is 6.15. The normalized spacial score (nSPS) is 19.3. The van der Waals surface area contributed by atoms with Crippen molar-refractivity contribution in [3.8, 4) is 0 Å². The Morgan fingerprint density at radius 1 is 0.636 bits per heavy atom. The van der Waals surface area contributed by atoms with Gasteiger partial charge in [0.15, 0.2) is 18.4 Å². The summed E-state index contributed by atoms with van der Waals surface area (Å²) < 4.78 is 26.2. The van der Waals surface area contributed by atoms with E-state index in [2.05, 4.69) is 0 Å². The molecule has 1 saturated heterocycles. The molecule has 5 aromatic rings. The maximum atomic E-state index is 13.4. The number of benzene rings is 4. The summed E-state index contributed by atoms with van der Waals surface area (Å²) in [7, 11) is 0. The van der Waals surface area contributed by atoms with Gasteiger partial charge in [-0.25, -0.2) is 14.4 Å². The van der Waals surface area contributed by atoms with Crippen LogP contribution in [0.25, 0.3) is 10.8 Å². The van der Waals surface area contributed by atoms with E-state index in [0.29, 0.717) is 21.3 Å². The summed E-state index contributed by atoms with van der Waals surface area (Å²) in [6.45, 7) is -0.281. The molecule has 1 aliphatic heterocycles. The van der Waals surface area contributed by atoms with Gasteiger partial charge in [0.25, 0.3) is 0 Å². The van der Waals surface area contributed by atoms with E-state index in [-0.39, 0.29) is 6.61 Å². The average molecular weight is 606 g/mol. The number of pyridine rings is 1. The highest BCUT2D eigenvalue weighted by atomic mass is 32.1. The molecule has 1 fully saturated rings. The zero-order valence-electron chi connectivity index (χ0n) is 23.4. The molecule has 0 unspecified atom stereocenters. The summed E-state index contributed by atoms with van der Waals surface area (Å²) in [6, 6.07) is 34.9. The molecule has 4 atom stereocenters. The van der Waals surface area contributed by atoms with Gasteiger partial charge in [0.05, 0.1) is 16.7 Å². The van der Waals surface area contributed by atoms with Gasteiger partial charge in [0, 0.05) is 11.6 Å². The van der Waals surface area contributed by atoms with Crippen LogP contribution < -0.4 is 0 Å². The van der Waals surface area contributed by atoms with Crippen molar-refractivity contribution in [3.63, 3.8) is 0 Å². The minimum absolute atomic E-state index is 0.281. The third-order valence-corrected chi connectivity index (χ3v) is 7.72. The van der Waals surface area contributed by atoms with Crippen molar-refractivity contribution < 1.29 is 33.3 Å². The first kappa shape index (κ1) is 29.0. The molecule has 1 aliphatic rings. The monoisotopic (exact) mass is 605 g/mol. The van der Waals surface area contributed by atoms with Crippen LogP contribution in [0, 0.1) is 4.64 Å². The molecule has 0 amide bonds. The van der Waals surface area contributed by atoms with Crippen LogP contribution in [0.4, 0.5) is 0 Å². The van der Waals surface area contributed by atoms with Crippen molar-refractivity contribution >= 4 is 40.9 Å². The highest BCUT2D eigenvalue weighted by Gasteiger charge is 2.51. The molecule has 2 heterocycles. The van der Waals surface area contributed by atoms with Crippen molar-refractivity contribution in [1.29, 1.82) is 0 Å². The zero-order chi connectivity index (χ0) is 30.5. The first-order valence-electron chi connectivity index (χ1n) is 14.0. The van der Waals surface area contributed by atoms with E-state index in [4.69, 9.17) is 31.2 Å². The predicted molar refractivity (Wildman–Crippen MR) is 165 cm³/mol. The van der Waals surface area contributed by atoms with Crippen molar-refractivity contribution in [3.05, 3.63) is 149 Å². The summed E-state index contributed by atoms with van der Waals surface area (Å²) in [5.41, 5.74) is 0.954. The Morgan fingerprint density at radius 3 is 1.73 bits per heavy atom. The molecule has 9 heteroatoms. The van der Waals surface area contributed by atoms with E-state index in [1.54, 1.807) is 102 Å². The van der Waals surface area contributed by atoms with Gasteiger partial charge in [0.1, 0.15) is 17.4 Å². The van der Waals surface area contributed by atoms with Crippen LogP contribution >= 0.6 is 12.2 Å². The number of hydrogen-bond donors (Lipinski definition) is 0. The van der Waals surface area contributed by atoms with Crippen LogP contribution in [0.15, 0.2) is 128 Å². The number of rotatable bonds is 8. The molecule has 1 aromatic heterocycles. The van der Waals surface area contributed by atoms with E-state index in [1.165, 1.54) is 0 Å². The summed E-state index contributed by atoms with van der Waals surface area (Å²) >= 11 is 5.85. The van der Waals surface area contributed by atoms with Gasteiger partial charge < -0.3 is 23.5 Å². The Balaban J connectivity index is 1.38. The number of hydrogen-bond acceptors (Lipinski definition) is 8. The van der Waals surface area contributed by atoms with Gasteiger partial charge in [-0.2, -0.15) is 0 Å². The Labute approximate surface area is 258 Å². The second-order valence-corrected chi connectivity index (χ2v) is 10.5. The molecule has 4 aromatic carbocycles. The lowest BCUT2D eigenvalue weighted by Crippen LogP contribution is -2.41. The maximum Gasteiger partial charge on any atom is 0.338 e. The average Bonchev–Trinajstić information content (AvgIpc) is 3.40. The van der Waals surface area contributed by atoms with Crippen LogP contribution in [0.3, 0.4) is 0 Å². The minimum atomic E-state index is -1.16. The SMILES string of the molecule is O=C(OC[C@H]1O[C@@H](n2ccc3ccccc3c2=S)[C@H](OC(=O)c2ccccc2)[C@H]1OC(=O)c1ccccc1)c1ccccc1. The Morgan fingerprint density at radius 2 is 1.14 bits per heavy atom. The van der Waals surface area contributed by atoms with Gasteiger partial charge in [-0.15, -0.1) is 0 Å². The molecule has 0 bridgehead atoms. The number of nitrogens with zero attached hydrogens (tertiary/aromatic N) is 1. The smallest absolute Gasteiger partial charge is 0.338 e. The topological polar surface area (TPSA) is 93.1 Å². The molecule has 0 spiro atoms. The van der Waals surface area contributed by atoms with Crippen LogP contribution in [0.1, 0.15) is 37.3 Å². The van der Waals surface area contributed by atoms with Crippen LogP contribution in [-0.4, -0.2) is 47.4 Å². The van der Waals surface area contributed by atoms with E-state index < -0.39 is 42.4 Å². The lowest BCUT2D eigenvalue weighted by atomic mass is 10.1. The van der Waals surface area contributed by atoms with E-state index >= 15 is 0 Å². The summed E-state index contributed by atoms with van der Waals surface area (Å²) in [5.74, 6) is -1.87. The summed E-state index contributed by atoms with van der Waals surface area (Å²) in [5, 5.41) is 1.71. The van der Waals surface area contributed by atoms with E-state index in [9.17, 15) is 14.4 Å². The quantitative estimate of drug-likeness (QED) is 0.111. The second kappa shape index (κ2) is 13.0. The first-order valence-corrected chi connectivity index (χ1v) is 14.4. The number of esters is 3. The van der Waals surface area contributed by atoms with Crippen LogP contribution in [-0.2, 0) is 18.9 Å². The molecule has 44 heavy (non-hydrogen) atoms. The van der Waals surface area contributed by atoms with Crippen LogP contribution in [0.2, 0.25) is 0 Å². The first-order chi connectivity index (χ1) is 21.5. The molecule has 220 valence electrons. The Kier molecular flexibility index (Phi) is 8.58. The highest BCUT2D eigenvalue weighted by molar-refractivity contribution is 7.71. The predicted octanol–water partition coefficient (Wildman–Crippen LogP) is 6.58. The van der Waals surface area contributed by atoms with Gasteiger partial charge in [-0.1, -0.05) is 91.1 Å². The molecule has 8 nitrogen and oxygen atoms in total. The highest BCUT2D eigenvalue weighted by Crippen LogP contribution is 2.36. The third-order valence-electron chi connectivity index (χ3n) is 7.29. The molecule has 6 rings (SSSR count). The molecular weight excluding hydrogens is 578 g/mol. The summed E-state index contributed by atoms with van der Waals surface area (Å²) in [6.07, 6.45) is -2.57. The molecule has 0 aliphatic carbocycles. The van der Waals surface area contributed by atoms with Crippen molar-refractivity contribution in [1.82, 2.24) is 4.57 Å². The van der Waals surface area contributed by atoms with E-state index in [1.807, 2.05) is 30.3 Å². The lowest BCUT2D eigenvalue weighted by Gasteiger charge is -2.25. The Hall–Kier alpha value is -5.12. The molecule has 0 saturated carbocycles. The fourth-order valence-corrected chi connectivity index (χ4v) is 5.44. The van der Waals surface area contributed by atoms with Crippen molar-refractivity contribution in [2.24, 2.45) is 0 Å². The standard InChI is InChI=1S/C35H27NO7S/c37-33(24-13-4-1-5-14-24)40-22-28-29(42-34(38)25-15-6-2-7-16-25)30(43-35(39)26-17-8-3-9-18-26)31(41-28)36-21-20-23-12-10-11-19-27(23)32(36)44/h1-21,28-31H,22H2/t28-,29+,30-,31-/m1/s1. The molecular formula is C35H27NO7S. The second-order valence-electron chi connectivity index (χ2n) is 10.1. The number of carbonyl (C=O) groups is 3. The van der Waals surface area contributed by atoms with Crippen LogP contribution in [0.5, 0.6) is 0 Å². The number of fused-ring (bicyclic) bond motifs is 1. The van der Waals surface area contributed by atoms with Gasteiger partial charge in [-0.3, -0.25) is 0 Å². The van der Waals surface area contributed by atoms with Gasteiger partial charge >= 0.3 is 17.9 Å². The van der Waals surface area contributed by atoms with Gasteiger partial charge in [0.2, 0.25) is 0 Å². The van der Waals surface area contributed by atoms with Gasteiger partial charge in [-0.05, 0) is 47.9 Å². The molecule has 0 N–H and O–H groups in total. The lowest BCUT2D eigenvalue weighted by molar-refractivity contribution is -0.0625. The number of ether oxygens (including phenoxy) is 4. The summed E-state index contributed by atoms with van der Waals surface area (Å²) in [4.78, 5) is 39.6. The van der Waals surface area contributed by atoms with Crippen molar-refractivity contribution in [2.75, 3.05) is 6.61 Å².